The minimum absolute atomic E-state index is 0.165. The van der Waals surface area contributed by atoms with Gasteiger partial charge in [0.2, 0.25) is 0 Å². The first-order valence-electron chi connectivity index (χ1n) is 7.85. The Hall–Kier alpha value is -1.41. The average molecular weight is 450 g/mol. The Kier molecular flexibility index (Phi) is 6.17. The molecule has 0 heterocycles. The quantitative estimate of drug-likeness (QED) is 0.664. The molecule has 0 radical (unpaired) electrons. The second-order valence-corrected chi connectivity index (χ2v) is 9.85. The Labute approximate surface area is 161 Å². The highest BCUT2D eigenvalue weighted by atomic mass is 79.9. The highest BCUT2D eigenvalue weighted by molar-refractivity contribution is 9.10. The molecule has 1 aliphatic carbocycles. The molecule has 142 valence electrons. The topological polar surface area (TPSA) is 46.2 Å². The van der Waals surface area contributed by atoms with Gasteiger partial charge in [0.1, 0.15) is 11.0 Å². The molecule has 0 fully saturated rings. The molecule has 1 aromatic carbocycles. The van der Waals surface area contributed by atoms with Gasteiger partial charge in [-0.1, -0.05) is 28.1 Å². The summed E-state index contributed by atoms with van der Waals surface area (Å²) in [4.78, 5) is 12.4. The lowest BCUT2D eigenvalue weighted by molar-refractivity contribution is -0.115. The Morgan fingerprint density at radius 3 is 2.27 bits per heavy atom. The molecule has 0 aromatic heterocycles. The van der Waals surface area contributed by atoms with Crippen LogP contribution in [-0.2, 0) is 15.8 Å². The van der Waals surface area contributed by atoms with Crippen molar-refractivity contribution in [1.82, 2.24) is 4.72 Å². The molecule has 0 aliphatic heterocycles. The van der Waals surface area contributed by atoms with Gasteiger partial charge in [-0.15, -0.1) is 0 Å². The SMILES string of the molecule is CC(C)(C)S(=O)N/C=C1\C(=O)C=C(C(F)(F)F)C[C@@H]1c1ccc(Br)cc1. The van der Waals surface area contributed by atoms with Crippen LogP contribution in [0, 0.1) is 0 Å². The molecule has 0 saturated carbocycles. The zero-order valence-electron chi connectivity index (χ0n) is 14.5. The van der Waals surface area contributed by atoms with Crippen LogP contribution < -0.4 is 4.72 Å². The van der Waals surface area contributed by atoms with Crippen molar-refractivity contribution >= 4 is 32.7 Å². The standard InChI is InChI=1S/C18H19BrF3NO2S/c1-17(2,3)26(25)23-10-15-14(11-4-6-13(19)7-5-11)8-12(9-16(15)24)18(20,21)22/h4-7,9-10,14,23H,8H2,1-3H3/b15-10-/t14-,26?/m1/s1. The fraction of sp³-hybridized carbons (Fsp3) is 0.389. The summed E-state index contributed by atoms with van der Waals surface area (Å²) in [6, 6.07) is 6.78. The van der Waals surface area contributed by atoms with E-state index in [-0.39, 0.29) is 12.0 Å². The van der Waals surface area contributed by atoms with Gasteiger partial charge >= 0.3 is 6.18 Å². The summed E-state index contributed by atoms with van der Waals surface area (Å²) in [5.41, 5.74) is -0.103. The molecular formula is C18H19BrF3NO2S. The minimum atomic E-state index is -4.56. The molecule has 0 saturated heterocycles. The first kappa shape index (κ1) is 20.9. The van der Waals surface area contributed by atoms with E-state index in [1.807, 2.05) is 0 Å². The molecule has 1 aromatic rings. The van der Waals surface area contributed by atoms with Crippen molar-refractivity contribution in [3.63, 3.8) is 0 Å². The molecule has 3 nitrogen and oxygen atoms in total. The maximum absolute atomic E-state index is 13.2. The fourth-order valence-corrected chi connectivity index (χ4v) is 3.31. The minimum Gasteiger partial charge on any atom is -0.311 e. The summed E-state index contributed by atoms with van der Waals surface area (Å²) in [5, 5.41) is 0. The molecule has 8 heteroatoms. The van der Waals surface area contributed by atoms with Crippen LogP contribution >= 0.6 is 15.9 Å². The lowest BCUT2D eigenvalue weighted by atomic mass is 9.79. The van der Waals surface area contributed by atoms with E-state index in [0.717, 1.165) is 4.47 Å². The van der Waals surface area contributed by atoms with Gasteiger partial charge in [-0.25, -0.2) is 4.21 Å². The van der Waals surface area contributed by atoms with Crippen LogP contribution in [0.2, 0.25) is 0 Å². The maximum atomic E-state index is 13.2. The molecule has 1 N–H and O–H groups in total. The highest BCUT2D eigenvalue weighted by Gasteiger charge is 2.40. The van der Waals surface area contributed by atoms with E-state index in [1.165, 1.54) is 6.20 Å². The van der Waals surface area contributed by atoms with Crippen LogP contribution in [0.15, 0.2) is 52.2 Å². The summed E-state index contributed by atoms with van der Waals surface area (Å²) in [6.07, 6.45) is -2.98. The average Bonchev–Trinajstić information content (AvgIpc) is 2.51. The summed E-state index contributed by atoms with van der Waals surface area (Å²) in [7, 11) is -1.48. The normalized spacial score (nSPS) is 21.5. The number of rotatable bonds is 3. The molecule has 0 spiro atoms. The van der Waals surface area contributed by atoms with Crippen LogP contribution in [0.25, 0.3) is 0 Å². The lowest BCUT2D eigenvalue weighted by Crippen LogP contribution is -2.32. The van der Waals surface area contributed by atoms with Gasteiger partial charge in [0, 0.05) is 27.7 Å². The highest BCUT2D eigenvalue weighted by Crippen LogP contribution is 2.41. The van der Waals surface area contributed by atoms with E-state index < -0.39 is 39.2 Å². The van der Waals surface area contributed by atoms with Crippen molar-refractivity contribution in [2.75, 3.05) is 0 Å². The summed E-state index contributed by atoms with van der Waals surface area (Å²) >= 11 is 3.29. The predicted octanol–water partition coefficient (Wildman–Crippen LogP) is 4.93. The third-order valence-corrected chi connectivity index (χ3v) is 5.88. The van der Waals surface area contributed by atoms with Gasteiger partial charge in [-0.3, -0.25) is 4.79 Å². The number of hydrogen-bond donors (Lipinski definition) is 1. The number of alkyl halides is 3. The van der Waals surface area contributed by atoms with Crippen LogP contribution in [0.1, 0.15) is 38.7 Å². The number of hydrogen-bond acceptors (Lipinski definition) is 2. The molecule has 26 heavy (non-hydrogen) atoms. The first-order valence-corrected chi connectivity index (χ1v) is 9.79. The van der Waals surface area contributed by atoms with Gasteiger partial charge in [-0.05, 0) is 51.0 Å². The van der Waals surface area contributed by atoms with E-state index in [9.17, 15) is 22.2 Å². The second-order valence-electron chi connectivity index (χ2n) is 6.94. The second kappa shape index (κ2) is 7.68. The third kappa shape index (κ3) is 5.07. The largest absolute Gasteiger partial charge is 0.412 e. The van der Waals surface area contributed by atoms with Gasteiger partial charge in [0.15, 0.2) is 5.78 Å². The number of carbonyl (C=O) groups is 1. The molecule has 0 bridgehead atoms. The lowest BCUT2D eigenvalue weighted by Gasteiger charge is -2.27. The number of carbonyl (C=O) groups excluding carboxylic acids is 1. The predicted molar refractivity (Wildman–Crippen MR) is 99.8 cm³/mol. The zero-order chi connectivity index (χ0) is 19.7. The maximum Gasteiger partial charge on any atom is 0.412 e. The van der Waals surface area contributed by atoms with Gasteiger partial charge in [0.25, 0.3) is 0 Å². The van der Waals surface area contributed by atoms with Crippen molar-refractivity contribution in [1.29, 1.82) is 0 Å². The van der Waals surface area contributed by atoms with Gasteiger partial charge in [-0.2, -0.15) is 13.2 Å². The monoisotopic (exact) mass is 449 g/mol. The molecule has 1 aliphatic rings. The molecular weight excluding hydrogens is 431 g/mol. The Morgan fingerprint density at radius 2 is 1.77 bits per heavy atom. The Balaban J connectivity index is 2.44. The summed E-state index contributed by atoms with van der Waals surface area (Å²) in [6.45, 7) is 5.27. The number of nitrogens with one attached hydrogen (secondary N) is 1. The van der Waals surface area contributed by atoms with Crippen molar-refractivity contribution in [2.24, 2.45) is 0 Å². The molecule has 2 rings (SSSR count). The van der Waals surface area contributed by atoms with E-state index in [1.54, 1.807) is 45.0 Å². The molecule has 0 amide bonds. The first-order chi connectivity index (χ1) is 11.9. The summed E-state index contributed by atoms with van der Waals surface area (Å²) in [5.74, 6) is -1.49. The number of allylic oxidation sites excluding steroid dienone is 3. The number of benzene rings is 1. The van der Waals surface area contributed by atoms with Crippen molar-refractivity contribution < 1.29 is 22.2 Å². The van der Waals surface area contributed by atoms with Gasteiger partial charge in [0.05, 0.1) is 4.75 Å². The van der Waals surface area contributed by atoms with Crippen molar-refractivity contribution in [3.05, 3.63) is 57.7 Å². The third-order valence-electron chi connectivity index (χ3n) is 3.90. The van der Waals surface area contributed by atoms with Crippen LogP contribution in [-0.4, -0.2) is 20.9 Å². The van der Waals surface area contributed by atoms with Crippen LogP contribution in [0.3, 0.4) is 0 Å². The Morgan fingerprint density at radius 1 is 1.19 bits per heavy atom. The zero-order valence-corrected chi connectivity index (χ0v) is 16.9. The van der Waals surface area contributed by atoms with Crippen molar-refractivity contribution in [2.45, 2.75) is 44.0 Å². The number of ketones is 1. The van der Waals surface area contributed by atoms with E-state index in [0.29, 0.717) is 11.6 Å². The van der Waals surface area contributed by atoms with Crippen LogP contribution in [0.4, 0.5) is 13.2 Å². The molecule has 1 unspecified atom stereocenters. The summed E-state index contributed by atoms with van der Waals surface area (Å²) < 4.78 is 54.5. The molecule has 2 atom stereocenters. The van der Waals surface area contributed by atoms with E-state index in [2.05, 4.69) is 20.7 Å². The van der Waals surface area contributed by atoms with Crippen LogP contribution in [0.5, 0.6) is 0 Å². The fourth-order valence-electron chi connectivity index (χ4n) is 2.46. The smallest absolute Gasteiger partial charge is 0.311 e. The van der Waals surface area contributed by atoms with E-state index >= 15 is 0 Å². The Bertz CT molecular complexity index is 777. The number of halogens is 4. The van der Waals surface area contributed by atoms with E-state index in [4.69, 9.17) is 0 Å². The van der Waals surface area contributed by atoms with Crippen molar-refractivity contribution in [3.8, 4) is 0 Å². The van der Waals surface area contributed by atoms with Gasteiger partial charge < -0.3 is 4.72 Å².